The van der Waals surface area contributed by atoms with Crippen LogP contribution in [0.5, 0.6) is 0 Å². The molecule has 0 atom stereocenters. The molecule has 46 valence electrons. The van der Waals surface area contributed by atoms with Crippen LogP contribution < -0.4 is 34.7 Å². The molecule has 1 N–H and O–H groups in total. The Balaban J connectivity index is 0. The van der Waals surface area contributed by atoms with Gasteiger partial charge in [0.25, 0.3) is 0 Å². The predicted molar refractivity (Wildman–Crippen MR) is 25.8 cm³/mol. The maximum Gasteiger partial charge on any atom is 1.00 e. The normalized spacial score (nSPS) is 7.67. The maximum absolute atomic E-state index is 9.77. The zero-order valence-electron chi connectivity index (χ0n) is 5.39. The molecule has 0 aromatic heterocycles. The molecule has 0 unspecified atom stereocenters. The van der Waals surface area contributed by atoms with E-state index in [4.69, 9.17) is 5.11 Å². The standard InChI is InChI=1S/C5H8O3.Na/c1-4(2-3-6)5(7)8;/h6H,1-3H2,(H,7,8);/q;+1/p-1. The van der Waals surface area contributed by atoms with Crippen LogP contribution in [0.15, 0.2) is 12.2 Å². The molecule has 0 saturated heterocycles. The molecule has 0 amide bonds. The van der Waals surface area contributed by atoms with E-state index in [2.05, 4.69) is 6.58 Å². The number of carboxylic acid groups (broad SMARTS) is 1. The number of hydrogen-bond donors (Lipinski definition) is 1. The third kappa shape index (κ3) is 6.05. The Morgan fingerprint density at radius 1 is 1.67 bits per heavy atom. The van der Waals surface area contributed by atoms with Crippen molar-refractivity contribution in [3.8, 4) is 0 Å². The SMILES string of the molecule is C=C(CCO)C(=O)[O-].[Na+]. The second-order valence-electron chi connectivity index (χ2n) is 1.36. The van der Waals surface area contributed by atoms with Crippen molar-refractivity contribution in [1.82, 2.24) is 0 Å². The number of carbonyl (C=O) groups excluding carboxylic acids is 1. The Hall–Kier alpha value is 0.170. The van der Waals surface area contributed by atoms with E-state index in [1.54, 1.807) is 0 Å². The molecule has 9 heavy (non-hydrogen) atoms. The molecular weight excluding hydrogens is 131 g/mol. The van der Waals surface area contributed by atoms with E-state index in [1.807, 2.05) is 0 Å². The molecule has 0 aliphatic carbocycles. The summed E-state index contributed by atoms with van der Waals surface area (Å²) in [6.45, 7) is 2.93. The van der Waals surface area contributed by atoms with E-state index < -0.39 is 5.97 Å². The summed E-state index contributed by atoms with van der Waals surface area (Å²) in [6.07, 6.45) is 0.0856. The largest absolute Gasteiger partial charge is 1.00 e. The van der Waals surface area contributed by atoms with E-state index >= 15 is 0 Å². The van der Waals surface area contributed by atoms with Gasteiger partial charge in [0.05, 0.1) is 5.97 Å². The predicted octanol–water partition coefficient (Wildman–Crippen LogP) is -4.32. The molecule has 4 heteroatoms. The quantitative estimate of drug-likeness (QED) is 0.317. The number of aliphatic hydroxyl groups excluding tert-OH is 1. The molecule has 0 rings (SSSR count). The van der Waals surface area contributed by atoms with Gasteiger partial charge < -0.3 is 15.0 Å². The second-order valence-corrected chi connectivity index (χ2v) is 1.36. The number of rotatable bonds is 3. The fraction of sp³-hybridized carbons (Fsp3) is 0.400. The minimum atomic E-state index is -1.29. The van der Waals surface area contributed by atoms with Gasteiger partial charge in [-0.3, -0.25) is 0 Å². The van der Waals surface area contributed by atoms with E-state index in [1.165, 1.54) is 0 Å². The molecule has 0 aromatic rings. The van der Waals surface area contributed by atoms with E-state index in [0.717, 1.165) is 0 Å². The molecule has 0 aliphatic heterocycles. The smallest absolute Gasteiger partial charge is 0.545 e. The number of aliphatic hydroxyl groups is 1. The van der Waals surface area contributed by atoms with E-state index in [0.29, 0.717) is 0 Å². The van der Waals surface area contributed by atoms with Crippen LogP contribution in [0, 0.1) is 0 Å². The summed E-state index contributed by atoms with van der Waals surface area (Å²) in [4.78, 5) is 9.77. The molecule has 0 heterocycles. The van der Waals surface area contributed by atoms with Crippen molar-refractivity contribution >= 4 is 5.97 Å². The van der Waals surface area contributed by atoms with E-state index in [9.17, 15) is 9.90 Å². The van der Waals surface area contributed by atoms with Crippen LogP contribution in [-0.4, -0.2) is 17.7 Å². The zero-order valence-corrected chi connectivity index (χ0v) is 7.39. The van der Waals surface area contributed by atoms with Gasteiger partial charge in [-0.25, -0.2) is 0 Å². The van der Waals surface area contributed by atoms with Gasteiger partial charge in [0.15, 0.2) is 0 Å². The van der Waals surface area contributed by atoms with Crippen LogP contribution in [0.3, 0.4) is 0 Å². The van der Waals surface area contributed by atoms with Gasteiger partial charge in [-0.1, -0.05) is 6.58 Å². The van der Waals surface area contributed by atoms with Gasteiger partial charge in [-0.15, -0.1) is 0 Å². The number of carbonyl (C=O) groups is 1. The van der Waals surface area contributed by atoms with Crippen molar-refractivity contribution in [3.05, 3.63) is 12.2 Å². The van der Waals surface area contributed by atoms with Gasteiger partial charge in [0.2, 0.25) is 0 Å². The van der Waals surface area contributed by atoms with Crippen LogP contribution in [-0.2, 0) is 4.79 Å². The minimum Gasteiger partial charge on any atom is -0.545 e. The molecule has 0 aromatic carbocycles. The van der Waals surface area contributed by atoms with Gasteiger partial charge in [-0.2, -0.15) is 0 Å². The summed E-state index contributed by atoms with van der Waals surface area (Å²) in [7, 11) is 0. The summed E-state index contributed by atoms with van der Waals surface area (Å²) < 4.78 is 0. The Morgan fingerprint density at radius 3 is 2.22 bits per heavy atom. The number of aliphatic carboxylic acids is 1. The third-order valence-corrected chi connectivity index (χ3v) is 0.702. The van der Waals surface area contributed by atoms with Crippen LogP contribution >= 0.6 is 0 Å². The topological polar surface area (TPSA) is 60.4 Å². The third-order valence-electron chi connectivity index (χ3n) is 0.702. The molecule has 0 bridgehead atoms. The van der Waals surface area contributed by atoms with Crippen molar-refractivity contribution in [2.75, 3.05) is 6.61 Å². The minimum absolute atomic E-state index is 0. The fourth-order valence-electron chi connectivity index (χ4n) is 0.237. The molecule has 0 fully saturated rings. The molecule has 0 radical (unpaired) electrons. The molecular formula is C5H7NaO3. The van der Waals surface area contributed by atoms with Crippen LogP contribution in [0.25, 0.3) is 0 Å². The monoisotopic (exact) mass is 138 g/mol. The van der Waals surface area contributed by atoms with Crippen molar-refractivity contribution in [3.63, 3.8) is 0 Å². The summed E-state index contributed by atoms with van der Waals surface area (Å²) >= 11 is 0. The van der Waals surface area contributed by atoms with Gasteiger partial charge in [-0.05, 0) is 12.0 Å². The average molecular weight is 138 g/mol. The van der Waals surface area contributed by atoms with Gasteiger partial charge in [0, 0.05) is 6.61 Å². The summed E-state index contributed by atoms with van der Waals surface area (Å²) in [5, 5.41) is 17.9. The first-order valence-corrected chi connectivity index (χ1v) is 2.18. The molecule has 0 spiro atoms. The van der Waals surface area contributed by atoms with Crippen LogP contribution in [0.1, 0.15) is 6.42 Å². The van der Waals surface area contributed by atoms with Crippen molar-refractivity contribution in [2.24, 2.45) is 0 Å². The van der Waals surface area contributed by atoms with Crippen molar-refractivity contribution < 1.29 is 44.6 Å². The Bertz CT molecular complexity index is 111. The average Bonchev–Trinajstić information content (AvgIpc) is 1.67. The summed E-state index contributed by atoms with van der Waals surface area (Å²) in [5.74, 6) is -1.29. The molecule has 0 saturated carbocycles. The Morgan fingerprint density at radius 2 is 2.11 bits per heavy atom. The van der Waals surface area contributed by atoms with Crippen molar-refractivity contribution in [2.45, 2.75) is 6.42 Å². The zero-order chi connectivity index (χ0) is 6.57. The van der Waals surface area contributed by atoms with Gasteiger partial charge in [0.1, 0.15) is 0 Å². The summed E-state index contributed by atoms with van der Waals surface area (Å²) in [6, 6.07) is 0. The first-order chi connectivity index (χ1) is 3.68. The van der Waals surface area contributed by atoms with Gasteiger partial charge >= 0.3 is 29.6 Å². The van der Waals surface area contributed by atoms with Crippen molar-refractivity contribution in [1.29, 1.82) is 0 Å². The maximum atomic E-state index is 9.77. The second kappa shape index (κ2) is 6.29. The first-order valence-electron chi connectivity index (χ1n) is 2.18. The van der Waals surface area contributed by atoms with Crippen LogP contribution in [0.2, 0.25) is 0 Å². The molecule has 3 nitrogen and oxygen atoms in total. The van der Waals surface area contributed by atoms with E-state index in [-0.39, 0.29) is 48.2 Å². The summed E-state index contributed by atoms with van der Waals surface area (Å²) in [5.41, 5.74) is -0.0625. The molecule has 0 aliphatic rings. The fourth-order valence-corrected chi connectivity index (χ4v) is 0.237. The Kier molecular flexibility index (Phi) is 8.32. The Labute approximate surface area is 75.7 Å². The first kappa shape index (κ1) is 11.9. The van der Waals surface area contributed by atoms with Crippen LogP contribution in [0.4, 0.5) is 0 Å². The number of carboxylic acids is 1. The number of hydrogen-bond acceptors (Lipinski definition) is 3.